The van der Waals surface area contributed by atoms with E-state index in [1.54, 1.807) is 27.0 Å². The Morgan fingerprint density at radius 3 is 2.65 bits per heavy atom. The van der Waals surface area contributed by atoms with Crippen LogP contribution in [-0.4, -0.2) is 27.3 Å². The molecule has 0 bridgehead atoms. The first-order valence-electron chi connectivity index (χ1n) is 5.28. The van der Waals surface area contributed by atoms with Crippen LogP contribution in [0, 0.1) is 0 Å². The first-order valence-corrected chi connectivity index (χ1v) is 5.28. The fourth-order valence-electron chi connectivity index (χ4n) is 1.16. The molecule has 0 aliphatic carbocycles. The van der Waals surface area contributed by atoms with Crippen LogP contribution in [0.3, 0.4) is 0 Å². The van der Waals surface area contributed by atoms with E-state index < -0.39 is 11.7 Å². The van der Waals surface area contributed by atoms with Crippen LogP contribution >= 0.6 is 0 Å². The molecule has 6 heteroatoms. The van der Waals surface area contributed by atoms with E-state index in [0.717, 1.165) is 0 Å². The molecule has 1 N–H and O–H groups in total. The molecule has 0 saturated heterocycles. The SMILES string of the molecule is CC(=O)Cn1cc(NC(=O)OC(C)(C)C)cn1. The van der Waals surface area contributed by atoms with Gasteiger partial charge < -0.3 is 4.74 Å². The molecule has 0 radical (unpaired) electrons. The van der Waals surface area contributed by atoms with Crippen molar-refractivity contribution < 1.29 is 14.3 Å². The molecule has 0 aliphatic heterocycles. The summed E-state index contributed by atoms with van der Waals surface area (Å²) >= 11 is 0. The summed E-state index contributed by atoms with van der Waals surface area (Å²) in [5, 5.41) is 6.47. The third kappa shape index (κ3) is 5.14. The summed E-state index contributed by atoms with van der Waals surface area (Å²) in [6.45, 7) is 7.02. The molecule has 6 nitrogen and oxygen atoms in total. The predicted octanol–water partition coefficient (Wildman–Crippen LogP) is 1.82. The number of aromatic nitrogens is 2. The van der Waals surface area contributed by atoms with Gasteiger partial charge >= 0.3 is 6.09 Å². The molecule has 1 aromatic heterocycles. The Hall–Kier alpha value is -1.85. The fourth-order valence-corrected chi connectivity index (χ4v) is 1.16. The monoisotopic (exact) mass is 239 g/mol. The molecule has 0 aromatic carbocycles. The Morgan fingerprint density at radius 2 is 2.12 bits per heavy atom. The van der Waals surface area contributed by atoms with E-state index in [1.165, 1.54) is 17.8 Å². The van der Waals surface area contributed by atoms with E-state index in [1.807, 2.05) is 0 Å². The molecule has 94 valence electrons. The smallest absolute Gasteiger partial charge is 0.412 e. The number of ketones is 1. The lowest BCUT2D eigenvalue weighted by Gasteiger charge is -2.19. The minimum atomic E-state index is -0.542. The van der Waals surface area contributed by atoms with Gasteiger partial charge in [0.1, 0.15) is 5.60 Å². The van der Waals surface area contributed by atoms with Gasteiger partial charge in [0.2, 0.25) is 0 Å². The third-order valence-corrected chi connectivity index (χ3v) is 1.66. The number of Topliss-reactive ketones (excluding diaryl/α,β-unsaturated/α-hetero) is 1. The lowest BCUT2D eigenvalue weighted by Crippen LogP contribution is -2.27. The molecule has 1 aromatic rings. The van der Waals surface area contributed by atoms with E-state index in [4.69, 9.17) is 4.74 Å². The molecule has 1 rings (SSSR count). The van der Waals surface area contributed by atoms with E-state index in [2.05, 4.69) is 10.4 Å². The highest BCUT2D eigenvalue weighted by molar-refractivity contribution is 5.84. The van der Waals surface area contributed by atoms with Crippen molar-refractivity contribution in [3.63, 3.8) is 0 Å². The van der Waals surface area contributed by atoms with Crippen molar-refractivity contribution >= 4 is 17.6 Å². The van der Waals surface area contributed by atoms with Gasteiger partial charge in [-0.15, -0.1) is 0 Å². The first-order chi connectivity index (χ1) is 7.76. The van der Waals surface area contributed by atoms with Crippen molar-refractivity contribution in [1.82, 2.24) is 9.78 Å². The van der Waals surface area contributed by atoms with Crippen LogP contribution in [0.1, 0.15) is 27.7 Å². The van der Waals surface area contributed by atoms with Crippen LogP contribution in [-0.2, 0) is 16.1 Å². The van der Waals surface area contributed by atoms with E-state index in [0.29, 0.717) is 5.69 Å². The lowest BCUT2D eigenvalue weighted by atomic mass is 10.2. The fraction of sp³-hybridized carbons (Fsp3) is 0.545. The molecular weight excluding hydrogens is 222 g/mol. The molecule has 0 spiro atoms. The van der Waals surface area contributed by atoms with Crippen LogP contribution in [0.4, 0.5) is 10.5 Å². The highest BCUT2D eigenvalue weighted by Crippen LogP contribution is 2.10. The molecule has 1 heterocycles. The molecule has 17 heavy (non-hydrogen) atoms. The third-order valence-electron chi connectivity index (χ3n) is 1.66. The van der Waals surface area contributed by atoms with Crippen molar-refractivity contribution in [1.29, 1.82) is 0 Å². The van der Waals surface area contributed by atoms with Crippen molar-refractivity contribution in [3.8, 4) is 0 Å². The molecule has 0 atom stereocenters. The summed E-state index contributed by atoms with van der Waals surface area (Å²) in [7, 11) is 0. The van der Waals surface area contributed by atoms with E-state index in [-0.39, 0.29) is 12.3 Å². The van der Waals surface area contributed by atoms with E-state index >= 15 is 0 Å². The van der Waals surface area contributed by atoms with Gasteiger partial charge in [-0.05, 0) is 27.7 Å². The normalized spacial score (nSPS) is 11.1. The molecule has 1 amide bonds. The number of carbonyl (C=O) groups is 2. The Bertz CT molecular complexity index is 418. The maximum atomic E-state index is 11.4. The summed E-state index contributed by atoms with van der Waals surface area (Å²) in [6.07, 6.45) is 2.50. The largest absolute Gasteiger partial charge is 0.444 e. The van der Waals surface area contributed by atoms with Crippen LogP contribution in [0.2, 0.25) is 0 Å². The maximum absolute atomic E-state index is 11.4. The van der Waals surface area contributed by atoms with Gasteiger partial charge in [-0.25, -0.2) is 4.79 Å². The standard InChI is InChI=1S/C11H17N3O3/c1-8(15)6-14-7-9(5-12-14)13-10(16)17-11(2,3)4/h5,7H,6H2,1-4H3,(H,13,16). The quantitative estimate of drug-likeness (QED) is 0.873. The Balaban J connectivity index is 2.55. The molecule has 0 unspecified atom stereocenters. The van der Waals surface area contributed by atoms with Gasteiger partial charge in [0.25, 0.3) is 0 Å². The molecule has 0 fully saturated rings. The minimum absolute atomic E-state index is 0.00285. The number of ether oxygens (including phenoxy) is 1. The van der Waals surface area contributed by atoms with Crippen molar-refractivity contribution in [2.24, 2.45) is 0 Å². The second-order valence-electron chi connectivity index (χ2n) is 4.76. The number of anilines is 1. The van der Waals surface area contributed by atoms with Gasteiger partial charge in [-0.3, -0.25) is 14.8 Å². The van der Waals surface area contributed by atoms with Crippen LogP contribution in [0.5, 0.6) is 0 Å². The van der Waals surface area contributed by atoms with Gasteiger partial charge in [0, 0.05) is 6.20 Å². The zero-order valence-corrected chi connectivity index (χ0v) is 10.5. The zero-order chi connectivity index (χ0) is 13.1. The Kier molecular flexibility index (Phi) is 3.88. The topological polar surface area (TPSA) is 73.2 Å². The number of carbonyl (C=O) groups excluding carboxylic acids is 2. The highest BCUT2D eigenvalue weighted by Gasteiger charge is 2.16. The maximum Gasteiger partial charge on any atom is 0.412 e. The minimum Gasteiger partial charge on any atom is -0.444 e. The molecule has 0 aliphatic rings. The summed E-state index contributed by atoms with van der Waals surface area (Å²) in [6, 6.07) is 0. The number of amides is 1. The van der Waals surface area contributed by atoms with Crippen molar-refractivity contribution in [2.75, 3.05) is 5.32 Å². The average Bonchev–Trinajstić information content (AvgIpc) is 2.46. The molecule has 0 saturated carbocycles. The second-order valence-corrected chi connectivity index (χ2v) is 4.76. The molecular formula is C11H17N3O3. The van der Waals surface area contributed by atoms with Crippen LogP contribution < -0.4 is 5.32 Å². The summed E-state index contributed by atoms with van der Waals surface area (Å²) in [5.41, 5.74) is -0.0417. The second kappa shape index (κ2) is 4.99. The number of nitrogens with one attached hydrogen (secondary N) is 1. The van der Waals surface area contributed by atoms with Gasteiger partial charge in [-0.2, -0.15) is 5.10 Å². The number of hydrogen-bond donors (Lipinski definition) is 1. The van der Waals surface area contributed by atoms with Crippen molar-refractivity contribution in [3.05, 3.63) is 12.4 Å². The van der Waals surface area contributed by atoms with Gasteiger partial charge in [0.15, 0.2) is 5.78 Å². The number of nitrogens with zero attached hydrogens (tertiary/aromatic N) is 2. The predicted molar refractivity (Wildman–Crippen MR) is 62.8 cm³/mol. The highest BCUT2D eigenvalue weighted by atomic mass is 16.6. The summed E-state index contributed by atoms with van der Waals surface area (Å²) in [4.78, 5) is 22.3. The van der Waals surface area contributed by atoms with Crippen LogP contribution in [0.25, 0.3) is 0 Å². The number of hydrogen-bond acceptors (Lipinski definition) is 4. The summed E-state index contributed by atoms with van der Waals surface area (Å²) < 4.78 is 6.53. The average molecular weight is 239 g/mol. The zero-order valence-electron chi connectivity index (χ0n) is 10.5. The lowest BCUT2D eigenvalue weighted by molar-refractivity contribution is -0.117. The first kappa shape index (κ1) is 13.2. The van der Waals surface area contributed by atoms with E-state index in [9.17, 15) is 9.59 Å². The Morgan fingerprint density at radius 1 is 1.47 bits per heavy atom. The van der Waals surface area contributed by atoms with Gasteiger partial charge in [0.05, 0.1) is 18.4 Å². The number of rotatable bonds is 3. The van der Waals surface area contributed by atoms with Crippen LogP contribution in [0.15, 0.2) is 12.4 Å². The van der Waals surface area contributed by atoms with Gasteiger partial charge in [-0.1, -0.05) is 0 Å². The Labute approximate surface area is 99.9 Å². The summed E-state index contributed by atoms with van der Waals surface area (Å²) in [5.74, 6) is -0.00285. The van der Waals surface area contributed by atoms with Crippen molar-refractivity contribution in [2.45, 2.75) is 39.8 Å².